The molecule has 0 heterocycles. The van der Waals surface area contributed by atoms with Crippen molar-refractivity contribution in [3.05, 3.63) is 81.9 Å². The molecule has 3 aromatic rings. The molecule has 40 heavy (non-hydrogen) atoms. The van der Waals surface area contributed by atoms with Crippen LogP contribution in [0.5, 0.6) is 11.5 Å². The van der Waals surface area contributed by atoms with Gasteiger partial charge in [-0.2, -0.15) is 0 Å². The maximum absolute atomic E-state index is 13.6. The fraction of sp³-hybridized carbons (Fsp3) is 0.375. The van der Waals surface area contributed by atoms with Crippen LogP contribution in [0.25, 0.3) is 0 Å². The Bertz CT molecular complexity index is 1580. The number of carbonyl (C=O) groups is 2. The molecule has 0 saturated heterocycles. The maximum atomic E-state index is 13.6. The fourth-order valence-electron chi connectivity index (χ4n) is 4.63. The van der Waals surface area contributed by atoms with E-state index in [-0.39, 0.29) is 28.0 Å². The van der Waals surface area contributed by atoms with Crippen molar-refractivity contribution in [2.24, 2.45) is 0 Å². The average Bonchev–Trinajstić information content (AvgIpc) is 3.67. The molecule has 0 unspecified atom stereocenters. The first-order valence-electron chi connectivity index (χ1n) is 13.5. The highest BCUT2D eigenvalue weighted by atomic mass is 32.2. The summed E-state index contributed by atoms with van der Waals surface area (Å²) in [6.45, 7) is 12.7. The van der Waals surface area contributed by atoms with Crippen molar-refractivity contribution in [1.82, 2.24) is 5.32 Å². The number of anilines is 1. The van der Waals surface area contributed by atoms with Crippen LogP contribution in [-0.2, 0) is 21.2 Å². The Balaban J connectivity index is 1.72. The largest absolute Gasteiger partial charge is 0.455 e. The molecule has 4 rings (SSSR count). The lowest BCUT2D eigenvalue weighted by Crippen LogP contribution is -2.40. The van der Waals surface area contributed by atoms with Gasteiger partial charge in [-0.15, -0.1) is 0 Å². The van der Waals surface area contributed by atoms with E-state index in [1.54, 1.807) is 32.0 Å². The molecule has 1 aliphatic carbocycles. The lowest BCUT2D eigenvalue weighted by Gasteiger charge is -2.21. The number of Topliss-reactive ketones (excluding diaryl/α,β-unsaturated/α-hetero) is 1. The van der Waals surface area contributed by atoms with Crippen molar-refractivity contribution in [2.45, 2.75) is 84.1 Å². The Morgan fingerprint density at radius 1 is 0.900 bits per heavy atom. The number of benzene rings is 3. The van der Waals surface area contributed by atoms with Crippen LogP contribution in [0.2, 0.25) is 0 Å². The van der Waals surface area contributed by atoms with Gasteiger partial charge < -0.3 is 10.1 Å². The van der Waals surface area contributed by atoms with Crippen LogP contribution in [0.3, 0.4) is 0 Å². The van der Waals surface area contributed by atoms with Crippen molar-refractivity contribution < 1.29 is 22.7 Å². The van der Waals surface area contributed by atoms with Gasteiger partial charge in [0.05, 0.1) is 10.6 Å². The maximum Gasteiger partial charge on any atom is 0.262 e. The van der Waals surface area contributed by atoms with Gasteiger partial charge in [-0.3, -0.25) is 14.3 Å². The molecule has 7 nitrogen and oxygen atoms in total. The van der Waals surface area contributed by atoms with E-state index in [4.69, 9.17) is 4.74 Å². The normalized spacial score (nSPS) is 13.6. The zero-order chi connectivity index (χ0) is 29.4. The molecular formula is C32H38N2O5S. The van der Waals surface area contributed by atoms with E-state index >= 15 is 0 Å². The highest BCUT2D eigenvalue weighted by molar-refractivity contribution is 7.92. The highest BCUT2D eigenvalue weighted by Gasteiger charge is 2.26. The first kappa shape index (κ1) is 29.3. The van der Waals surface area contributed by atoms with Crippen LogP contribution < -0.4 is 14.8 Å². The summed E-state index contributed by atoms with van der Waals surface area (Å²) in [5, 5.41) is 2.91. The van der Waals surface area contributed by atoms with E-state index in [0.717, 1.165) is 35.1 Å². The number of amides is 1. The quantitative estimate of drug-likeness (QED) is 0.301. The zero-order valence-corrected chi connectivity index (χ0v) is 25.1. The summed E-state index contributed by atoms with van der Waals surface area (Å²) in [4.78, 5) is 24.8. The van der Waals surface area contributed by atoms with Crippen LogP contribution in [0.1, 0.15) is 84.6 Å². The zero-order valence-electron chi connectivity index (χ0n) is 24.3. The van der Waals surface area contributed by atoms with E-state index in [0.29, 0.717) is 29.2 Å². The molecule has 0 bridgehead atoms. The number of rotatable bonds is 9. The summed E-state index contributed by atoms with van der Waals surface area (Å²) in [5.74, 6) is 1.03. The van der Waals surface area contributed by atoms with E-state index in [1.807, 2.05) is 58.9 Å². The molecule has 1 fully saturated rings. The summed E-state index contributed by atoms with van der Waals surface area (Å²) in [5.41, 5.74) is 4.40. The molecule has 1 aliphatic rings. The van der Waals surface area contributed by atoms with Gasteiger partial charge in [0, 0.05) is 17.5 Å². The van der Waals surface area contributed by atoms with E-state index < -0.39 is 15.6 Å². The monoisotopic (exact) mass is 562 g/mol. The van der Waals surface area contributed by atoms with Gasteiger partial charge in [0.1, 0.15) is 11.5 Å². The number of carbonyl (C=O) groups excluding carboxylic acids is 2. The number of aryl methyl sites for hydroxylation is 3. The standard InChI is InChI=1S/C32H38N2O5S/c1-19-16-29(20(2)14-26(19)17-22(4)35)39-28-12-10-25(31(36)33-32(5,6)7)18-27(28)34-40(37,38)30-13-11-24(15-21(30)3)23-8-9-23/h10-16,18,23,34H,8-9,17H2,1-7H3,(H,33,36). The first-order chi connectivity index (χ1) is 18.6. The number of ether oxygens (including phenoxy) is 1. The molecule has 1 amide bonds. The lowest BCUT2D eigenvalue weighted by atomic mass is 10.0. The summed E-state index contributed by atoms with van der Waals surface area (Å²) >= 11 is 0. The Labute approximate surface area is 237 Å². The van der Waals surface area contributed by atoms with Gasteiger partial charge in [-0.25, -0.2) is 8.42 Å². The third-order valence-electron chi connectivity index (χ3n) is 6.80. The minimum absolute atomic E-state index is 0.0671. The minimum Gasteiger partial charge on any atom is -0.455 e. The van der Waals surface area contributed by atoms with Crippen molar-refractivity contribution >= 4 is 27.4 Å². The van der Waals surface area contributed by atoms with Gasteiger partial charge in [-0.1, -0.05) is 18.2 Å². The Morgan fingerprint density at radius 2 is 1.60 bits per heavy atom. The molecular weight excluding hydrogens is 524 g/mol. The summed E-state index contributed by atoms with van der Waals surface area (Å²) in [6.07, 6.45) is 2.58. The van der Waals surface area contributed by atoms with Gasteiger partial charge in [0.15, 0.2) is 5.75 Å². The Kier molecular flexibility index (Phi) is 8.13. The van der Waals surface area contributed by atoms with E-state index in [1.165, 1.54) is 6.07 Å². The summed E-state index contributed by atoms with van der Waals surface area (Å²) in [7, 11) is -4.00. The molecule has 1 saturated carbocycles. The number of hydrogen-bond acceptors (Lipinski definition) is 5. The lowest BCUT2D eigenvalue weighted by molar-refractivity contribution is -0.116. The average molecular weight is 563 g/mol. The Morgan fingerprint density at radius 3 is 2.20 bits per heavy atom. The Hall–Kier alpha value is -3.65. The predicted octanol–water partition coefficient (Wildman–Crippen LogP) is 6.74. The minimum atomic E-state index is -4.00. The van der Waals surface area contributed by atoms with E-state index in [2.05, 4.69) is 10.0 Å². The molecule has 0 aromatic heterocycles. The van der Waals surface area contributed by atoms with Crippen molar-refractivity contribution in [3.63, 3.8) is 0 Å². The number of hydrogen-bond donors (Lipinski definition) is 2. The van der Waals surface area contributed by atoms with Gasteiger partial charge in [-0.05, 0) is 125 Å². The molecule has 0 aliphatic heterocycles. The van der Waals surface area contributed by atoms with Crippen LogP contribution in [0.4, 0.5) is 5.69 Å². The topological polar surface area (TPSA) is 102 Å². The van der Waals surface area contributed by atoms with Crippen molar-refractivity contribution in [2.75, 3.05) is 4.72 Å². The number of nitrogens with one attached hydrogen (secondary N) is 2. The number of ketones is 1. The van der Waals surface area contributed by atoms with Crippen LogP contribution in [0, 0.1) is 20.8 Å². The first-order valence-corrected chi connectivity index (χ1v) is 15.0. The SMILES string of the molecule is CC(=O)Cc1cc(C)c(Oc2ccc(C(=O)NC(C)(C)C)cc2NS(=O)(=O)c2ccc(C3CC3)cc2C)cc1C. The van der Waals surface area contributed by atoms with E-state index in [9.17, 15) is 18.0 Å². The third-order valence-corrected chi connectivity index (χ3v) is 8.33. The highest BCUT2D eigenvalue weighted by Crippen LogP contribution is 2.41. The summed E-state index contributed by atoms with van der Waals surface area (Å²) in [6, 6.07) is 13.9. The molecule has 212 valence electrons. The van der Waals surface area contributed by atoms with Crippen molar-refractivity contribution in [1.29, 1.82) is 0 Å². The van der Waals surface area contributed by atoms with Gasteiger partial charge in [0.2, 0.25) is 0 Å². The molecule has 0 spiro atoms. The second-order valence-corrected chi connectivity index (χ2v) is 13.5. The molecule has 2 N–H and O–H groups in total. The second kappa shape index (κ2) is 11.1. The molecule has 0 atom stereocenters. The van der Waals surface area contributed by atoms with Gasteiger partial charge in [0.25, 0.3) is 15.9 Å². The fourth-order valence-corrected chi connectivity index (χ4v) is 5.92. The summed E-state index contributed by atoms with van der Waals surface area (Å²) < 4.78 is 36.1. The van der Waals surface area contributed by atoms with Gasteiger partial charge >= 0.3 is 0 Å². The van der Waals surface area contributed by atoms with Crippen LogP contribution in [-0.4, -0.2) is 25.6 Å². The van der Waals surface area contributed by atoms with Crippen molar-refractivity contribution in [3.8, 4) is 11.5 Å². The second-order valence-electron chi connectivity index (χ2n) is 11.8. The molecule has 0 radical (unpaired) electrons. The predicted molar refractivity (Wildman–Crippen MR) is 158 cm³/mol. The number of sulfonamides is 1. The molecule has 3 aromatic carbocycles. The van der Waals surface area contributed by atoms with Crippen LogP contribution in [0.15, 0.2) is 53.4 Å². The van der Waals surface area contributed by atoms with Crippen LogP contribution >= 0.6 is 0 Å². The third kappa shape index (κ3) is 7.10. The molecule has 8 heteroatoms. The smallest absolute Gasteiger partial charge is 0.262 e.